The minimum Gasteiger partial charge on any atom is -0.356 e. The van der Waals surface area contributed by atoms with Gasteiger partial charge in [-0.15, -0.1) is 0 Å². The Hall–Kier alpha value is -1.48. The van der Waals surface area contributed by atoms with Gasteiger partial charge in [-0.2, -0.15) is 13.2 Å². The number of alkyl halides is 3. The molecule has 1 saturated heterocycles. The molecular formula is C16H18F4N4S. The van der Waals surface area contributed by atoms with Gasteiger partial charge in [-0.25, -0.2) is 9.38 Å². The van der Waals surface area contributed by atoms with E-state index in [0.717, 1.165) is 24.7 Å². The average molecular weight is 374 g/mol. The third-order valence-corrected chi connectivity index (χ3v) is 5.63. The number of hydrogen-bond donors (Lipinski definition) is 2. The number of hydrogen-bond acceptors (Lipinski definition) is 5. The number of nitrogens with two attached hydrogens (primary N) is 1. The van der Waals surface area contributed by atoms with Crippen molar-refractivity contribution >= 4 is 29.2 Å². The summed E-state index contributed by atoms with van der Waals surface area (Å²) < 4.78 is 57.7. The molecule has 2 atom stereocenters. The lowest BCUT2D eigenvalue weighted by Gasteiger charge is -2.41. The maximum Gasteiger partial charge on any atom is 0.408 e. The molecular weight excluding hydrogens is 356 g/mol. The Morgan fingerprint density at radius 2 is 1.96 bits per heavy atom. The lowest BCUT2D eigenvalue weighted by Crippen LogP contribution is -2.55. The summed E-state index contributed by atoms with van der Waals surface area (Å²) in [6.45, 7) is 0.0342. The first-order chi connectivity index (χ1) is 11.8. The normalized spacial score (nSPS) is 26.8. The third kappa shape index (κ3) is 3.31. The molecule has 0 radical (unpaired) electrons. The molecule has 9 heteroatoms. The van der Waals surface area contributed by atoms with E-state index in [9.17, 15) is 17.6 Å². The first-order valence-electron chi connectivity index (χ1n) is 8.27. The van der Waals surface area contributed by atoms with Gasteiger partial charge in [-0.3, -0.25) is 0 Å². The van der Waals surface area contributed by atoms with Gasteiger partial charge in [0.1, 0.15) is 23.4 Å². The van der Waals surface area contributed by atoms with Crippen LogP contribution in [0.25, 0.3) is 0 Å². The van der Waals surface area contributed by atoms with Gasteiger partial charge < -0.3 is 15.4 Å². The molecule has 0 spiro atoms. The smallest absolute Gasteiger partial charge is 0.356 e. The molecule has 1 aromatic carbocycles. The van der Waals surface area contributed by atoms with E-state index in [-0.39, 0.29) is 24.7 Å². The van der Waals surface area contributed by atoms with Crippen molar-refractivity contribution in [2.45, 2.75) is 48.8 Å². The molecule has 2 heterocycles. The number of rotatable bonds is 2. The number of anilines is 1. The number of halogens is 4. The molecule has 136 valence electrons. The zero-order valence-corrected chi connectivity index (χ0v) is 14.1. The second kappa shape index (κ2) is 6.05. The molecule has 4 rings (SSSR count). The van der Waals surface area contributed by atoms with E-state index in [1.54, 1.807) is 0 Å². The number of nitrogens with zero attached hydrogens (tertiary/aromatic N) is 2. The van der Waals surface area contributed by atoms with E-state index in [0.29, 0.717) is 22.9 Å². The summed E-state index contributed by atoms with van der Waals surface area (Å²) in [6, 6.07) is 0.405. The van der Waals surface area contributed by atoms with Crippen LogP contribution in [0, 0.1) is 11.7 Å². The van der Waals surface area contributed by atoms with E-state index in [4.69, 9.17) is 5.73 Å². The van der Waals surface area contributed by atoms with E-state index in [1.807, 2.05) is 0 Å². The average Bonchev–Trinajstić information content (AvgIpc) is 3.37. The molecule has 0 amide bonds. The summed E-state index contributed by atoms with van der Waals surface area (Å²) in [5.41, 5.74) is 6.50. The highest BCUT2D eigenvalue weighted by Gasteiger charge is 2.47. The largest absolute Gasteiger partial charge is 0.408 e. The van der Waals surface area contributed by atoms with Crippen molar-refractivity contribution in [3.05, 3.63) is 17.9 Å². The first-order valence-corrected chi connectivity index (χ1v) is 9.08. The van der Waals surface area contributed by atoms with Crippen LogP contribution in [0.2, 0.25) is 0 Å². The first kappa shape index (κ1) is 17.0. The molecule has 0 bridgehead atoms. The van der Waals surface area contributed by atoms with Crippen LogP contribution < -0.4 is 15.4 Å². The standard InChI is InChI=1S/C16H18F4N4S/c17-9-5-11(24-7-10(21)3-4-13(24)16(18,19)20)14-12(6-9)25-23-15(22-14)8-1-2-8/h5-6,8,10,13H,1-4,7,21H2,(H,22,23). The minimum atomic E-state index is -4.40. The number of aliphatic imine (C=N–C) groups is 1. The van der Waals surface area contributed by atoms with Gasteiger partial charge in [0, 0.05) is 18.5 Å². The summed E-state index contributed by atoms with van der Waals surface area (Å²) in [5, 5.41) is 0. The van der Waals surface area contributed by atoms with Crippen molar-refractivity contribution in [3.8, 4) is 0 Å². The fourth-order valence-electron chi connectivity index (χ4n) is 3.36. The molecule has 1 saturated carbocycles. The molecule has 1 aliphatic carbocycles. The Kier molecular flexibility index (Phi) is 4.10. The minimum absolute atomic E-state index is 0.0342. The van der Waals surface area contributed by atoms with Crippen LogP contribution in [-0.4, -0.2) is 30.6 Å². The monoisotopic (exact) mass is 374 g/mol. The molecule has 2 fully saturated rings. The lowest BCUT2D eigenvalue weighted by molar-refractivity contribution is -0.153. The molecule has 3 N–H and O–H groups in total. The summed E-state index contributed by atoms with van der Waals surface area (Å²) >= 11 is 1.21. The van der Waals surface area contributed by atoms with Gasteiger partial charge in [-0.05, 0) is 49.8 Å². The summed E-state index contributed by atoms with van der Waals surface area (Å²) in [5.74, 6) is 0.504. The maximum absolute atomic E-state index is 14.1. The molecule has 2 aliphatic heterocycles. The third-order valence-electron chi connectivity index (χ3n) is 4.79. The predicted octanol–water partition coefficient (Wildman–Crippen LogP) is 3.73. The molecule has 1 aromatic rings. The van der Waals surface area contributed by atoms with Crippen LogP contribution in [0.3, 0.4) is 0 Å². The van der Waals surface area contributed by atoms with Gasteiger partial charge in [0.05, 0.1) is 10.6 Å². The molecule has 3 aliphatic rings. The van der Waals surface area contributed by atoms with E-state index in [1.165, 1.54) is 22.9 Å². The SMILES string of the molecule is NC1CCC(C(F)(F)F)N(c2cc(F)cc3c2N=C(C2CC2)NS3)C1. The van der Waals surface area contributed by atoms with Gasteiger partial charge in [-0.1, -0.05) is 0 Å². The van der Waals surface area contributed by atoms with Crippen molar-refractivity contribution in [3.63, 3.8) is 0 Å². The van der Waals surface area contributed by atoms with Crippen LogP contribution in [0.1, 0.15) is 25.7 Å². The van der Waals surface area contributed by atoms with Crippen molar-refractivity contribution in [1.29, 1.82) is 0 Å². The fourth-order valence-corrected chi connectivity index (χ4v) is 4.20. The van der Waals surface area contributed by atoms with Crippen molar-refractivity contribution in [2.75, 3.05) is 11.4 Å². The van der Waals surface area contributed by atoms with Gasteiger partial charge >= 0.3 is 6.18 Å². The van der Waals surface area contributed by atoms with Crippen LogP contribution in [0.4, 0.5) is 28.9 Å². The molecule has 0 aromatic heterocycles. The van der Waals surface area contributed by atoms with Gasteiger partial charge in [0.2, 0.25) is 0 Å². The van der Waals surface area contributed by atoms with Crippen molar-refractivity contribution in [1.82, 2.24) is 4.72 Å². The zero-order valence-electron chi connectivity index (χ0n) is 13.3. The van der Waals surface area contributed by atoms with E-state index in [2.05, 4.69) is 9.71 Å². The molecule has 4 nitrogen and oxygen atoms in total. The van der Waals surface area contributed by atoms with Gasteiger partial charge in [0.15, 0.2) is 0 Å². The molecule has 25 heavy (non-hydrogen) atoms. The predicted molar refractivity (Wildman–Crippen MR) is 89.6 cm³/mol. The Labute approximate surface area is 147 Å². The Bertz CT molecular complexity index is 717. The van der Waals surface area contributed by atoms with E-state index < -0.39 is 18.0 Å². The fraction of sp³-hybridized carbons (Fsp3) is 0.562. The summed E-state index contributed by atoms with van der Waals surface area (Å²) in [7, 11) is 0. The summed E-state index contributed by atoms with van der Waals surface area (Å²) in [4.78, 5) is 6.22. The maximum atomic E-state index is 14.1. The topological polar surface area (TPSA) is 53.6 Å². The Balaban J connectivity index is 1.79. The van der Waals surface area contributed by atoms with Crippen LogP contribution in [-0.2, 0) is 0 Å². The Morgan fingerprint density at radius 3 is 2.64 bits per heavy atom. The van der Waals surface area contributed by atoms with Crippen LogP contribution >= 0.6 is 11.9 Å². The van der Waals surface area contributed by atoms with Crippen molar-refractivity contribution in [2.24, 2.45) is 16.6 Å². The zero-order chi connectivity index (χ0) is 17.8. The Morgan fingerprint density at radius 1 is 1.20 bits per heavy atom. The van der Waals surface area contributed by atoms with Crippen molar-refractivity contribution < 1.29 is 17.6 Å². The number of benzene rings is 1. The number of nitrogens with one attached hydrogen (secondary N) is 1. The quantitative estimate of drug-likeness (QED) is 0.612. The second-order valence-electron chi connectivity index (χ2n) is 6.79. The summed E-state index contributed by atoms with van der Waals surface area (Å²) in [6.07, 6.45) is -2.18. The van der Waals surface area contributed by atoms with Crippen LogP contribution in [0.15, 0.2) is 22.0 Å². The second-order valence-corrected chi connectivity index (χ2v) is 7.64. The van der Waals surface area contributed by atoms with Gasteiger partial charge in [0.25, 0.3) is 0 Å². The number of fused-ring (bicyclic) bond motifs is 1. The highest BCUT2D eigenvalue weighted by molar-refractivity contribution is 7.98. The molecule has 2 unspecified atom stereocenters. The highest BCUT2D eigenvalue weighted by Crippen LogP contribution is 2.46. The lowest BCUT2D eigenvalue weighted by atomic mass is 9.97. The van der Waals surface area contributed by atoms with Crippen LogP contribution in [0.5, 0.6) is 0 Å². The number of piperidine rings is 1. The highest BCUT2D eigenvalue weighted by atomic mass is 32.2. The number of amidine groups is 1. The van der Waals surface area contributed by atoms with E-state index >= 15 is 0 Å².